The van der Waals surface area contributed by atoms with Crippen molar-refractivity contribution < 1.29 is 9.59 Å². The van der Waals surface area contributed by atoms with Crippen molar-refractivity contribution >= 4 is 17.5 Å². The number of carbonyl (C=O) groups is 2. The number of aryl methyl sites for hydroxylation is 1. The molecule has 0 aromatic heterocycles. The molecule has 2 aliphatic rings. The summed E-state index contributed by atoms with van der Waals surface area (Å²) in [6.45, 7) is 4.16. The van der Waals surface area contributed by atoms with Crippen LogP contribution in [-0.4, -0.2) is 36.3 Å². The van der Waals surface area contributed by atoms with Gasteiger partial charge in [0.25, 0.3) is 0 Å². The highest BCUT2D eigenvalue weighted by atomic mass is 16.2. The van der Waals surface area contributed by atoms with Gasteiger partial charge in [0.2, 0.25) is 11.8 Å². The maximum absolute atomic E-state index is 12.9. The van der Waals surface area contributed by atoms with E-state index in [0.717, 1.165) is 51.0 Å². The van der Waals surface area contributed by atoms with Gasteiger partial charge in [-0.15, -0.1) is 0 Å². The van der Waals surface area contributed by atoms with Crippen molar-refractivity contribution in [2.24, 2.45) is 5.92 Å². The van der Waals surface area contributed by atoms with Gasteiger partial charge < -0.3 is 9.80 Å². The zero-order valence-corrected chi connectivity index (χ0v) is 13.3. The number of nitrogens with zero attached hydrogens (tertiary/aromatic N) is 2. The minimum atomic E-state index is 0.0621. The molecule has 4 heteroatoms. The standard InChI is InChI=1S/C18H24N2O2/c1-2-17(21)19-12-9-15(10-13-19)18(22)20-11-5-7-14-6-3-4-8-16(14)20/h3-4,6,8,15H,2,5,7,9-13H2,1H3. The zero-order valence-electron chi connectivity index (χ0n) is 13.3. The van der Waals surface area contributed by atoms with Crippen LogP contribution in [0, 0.1) is 5.92 Å². The number of anilines is 1. The fourth-order valence-electron chi connectivity index (χ4n) is 3.58. The van der Waals surface area contributed by atoms with Gasteiger partial charge in [-0.3, -0.25) is 9.59 Å². The van der Waals surface area contributed by atoms with Gasteiger partial charge in [0, 0.05) is 37.7 Å². The van der Waals surface area contributed by atoms with Crippen molar-refractivity contribution in [1.29, 1.82) is 0 Å². The molecule has 2 aliphatic heterocycles. The first-order chi connectivity index (χ1) is 10.7. The van der Waals surface area contributed by atoms with Crippen molar-refractivity contribution in [3.63, 3.8) is 0 Å². The number of hydrogen-bond acceptors (Lipinski definition) is 2. The Kier molecular flexibility index (Phi) is 4.46. The summed E-state index contributed by atoms with van der Waals surface area (Å²) in [5, 5.41) is 0. The Morgan fingerprint density at radius 3 is 2.59 bits per heavy atom. The molecular weight excluding hydrogens is 276 g/mol. The molecule has 1 aromatic rings. The fraction of sp³-hybridized carbons (Fsp3) is 0.556. The predicted molar refractivity (Wildman–Crippen MR) is 86.7 cm³/mol. The maximum Gasteiger partial charge on any atom is 0.230 e. The molecule has 3 rings (SSSR count). The molecule has 22 heavy (non-hydrogen) atoms. The van der Waals surface area contributed by atoms with E-state index in [1.807, 2.05) is 28.9 Å². The van der Waals surface area contributed by atoms with Crippen molar-refractivity contribution in [1.82, 2.24) is 4.90 Å². The molecule has 1 aromatic carbocycles. The van der Waals surface area contributed by atoms with Crippen LogP contribution in [0.3, 0.4) is 0 Å². The van der Waals surface area contributed by atoms with Crippen molar-refractivity contribution in [2.45, 2.75) is 39.0 Å². The van der Waals surface area contributed by atoms with Gasteiger partial charge in [0.1, 0.15) is 0 Å². The third-order valence-corrected chi connectivity index (χ3v) is 4.88. The predicted octanol–water partition coefficient (Wildman–Crippen LogP) is 2.61. The Morgan fingerprint density at radius 2 is 1.86 bits per heavy atom. The van der Waals surface area contributed by atoms with Gasteiger partial charge in [-0.1, -0.05) is 25.1 Å². The third kappa shape index (κ3) is 2.87. The molecule has 0 unspecified atom stereocenters. The van der Waals surface area contributed by atoms with E-state index in [1.165, 1.54) is 5.56 Å². The van der Waals surface area contributed by atoms with E-state index in [1.54, 1.807) is 0 Å². The van der Waals surface area contributed by atoms with Crippen LogP contribution in [0.4, 0.5) is 5.69 Å². The van der Waals surface area contributed by atoms with E-state index in [-0.39, 0.29) is 17.7 Å². The highest BCUT2D eigenvalue weighted by Gasteiger charge is 2.32. The summed E-state index contributed by atoms with van der Waals surface area (Å²) in [5.41, 5.74) is 2.37. The minimum Gasteiger partial charge on any atom is -0.343 e. The monoisotopic (exact) mass is 300 g/mol. The summed E-state index contributed by atoms with van der Waals surface area (Å²) >= 11 is 0. The average Bonchev–Trinajstić information content (AvgIpc) is 2.60. The van der Waals surface area contributed by atoms with Crippen LogP contribution in [0.1, 0.15) is 38.2 Å². The Hall–Kier alpha value is -1.84. The molecule has 4 nitrogen and oxygen atoms in total. The largest absolute Gasteiger partial charge is 0.343 e. The second-order valence-electron chi connectivity index (χ2n) is 6.23. The van der Waals surface area contributed by atoms with Crippen LogP contribution in [0.2, 0.25) is 0 Å². The lowest BCUT2D eigenvalue weighted by Crippen LogP contribution is -2.45. The first-order valence-corrected chi connectivity index (χ1v) is 8.37. The molecule has 118 valence electrons. The summed E-state index contributed by atoms with van der Waals surface area (Å²) in [7, 11) is 0. The molecule has 0 bridgehead atoms. The lowest BCUT2D eigenvalue weighted by atomic mass is 9.93. The van der Waals surface area contributed by atoms with E-state index in [9.17, 15) is 9.59 Å². The number of hydrogen-bond donors (Lipinski definition) is 0. The van der Waals surface area contributed by atoms with E-state index in [0.29, 0.717) is 6.42 Å². The number of likely N-dealkylation sites (tertiary alicyclic amines) is 1. The number of carbonyl (C=O) groups excluding carboxylic acids is 2. The first kappa shape index (κ1) is 15.1. The molecule has 0 saturated carbocycles. The van der Waals surface area contributed by atoms with Gasteiger partial charge in [-0.25, -0.2) is 0 Å². The van der Waals surface area contributed by atoms with Gasteiger partial charge in [-0.2, -0.15) is 0 Å². The normalized spacial score (nSPS) is 19.0. The summed E-state index contributed by atoms with van der Waals surface area (Å²) in [6.07, 6.45) is 4.24. The number of piperidine rings is 1. The van der Waals surface area contributed by atoms with Crippen LogP contribution in [-0.2, 0) is 16.0 Å². The SMILES string of the molecule is CCC(=O)N1CCC(C(=O)N2CCCc3ccccc32)CC1. The van der Waals surface area contributed by atoms with E-state index in [2.05, 4.69) is 12.1 Å². The van der Waals surface area contributed by atoms with Crippen molar-refractivity contribution in [3.8, 4) is 0 Å². The molecule has 1 saturated heterocycles. The summed E-state index contributed by atoms with van der Waals surface area (Å²) < 4.78 is 0. The Labute approximate surface area is 132 Å². The van der Waals surface area contributed by atoms with Gasteiger partial charge in [0.15, 0.2) is 0 Å². The van der Waals surface area contributed by atoms with E-state index in [4.69, 9.17) is 0 Å². The topological polar surface area (TPSA) is 40.6 Å². The maximum atomic E-state index is 12.9. The minimum absolute atomic E-state index is 0.0621. The Morgan fingerprint density at radius 1 is 1.14 bits per heavy atom. The summed E-state index contributed by atoms with van der Waals surface area (Å²) in [5.74, 6) is 0.511. The van der Waals surface area contributed by atoms with Crippen LogP contribution >= 0.6 is 0 Å². The Balaban J connectivity index is 1.67. The van der Waals surface area contributed by atoms with Crippen molar-refractivity contribution in [3.05, 3.63) is 29.8 Å². The highest BCUT2D eigenvalue weighted by Crippen LogP contribution is 2.30. The number of benzene rings is 1. The molecular formula is C18H24N2O2. The molecule has 1 fully saturated rings. The molecule has 0 radical (unpaired) electrons. The quantitative estimate of drug-likeness (QED) is 0.842. The number of rotatable bonds is 2. The van der Waals surface area contributed by atoms with Crippen LogP contribution < -0.4 is 4.90 Å². The number of para-hydroxylation sites is 1. The smallest absolute Gasteiger partial charge is 0.230 e. The zero-order chi connectivity index (χ0) is 15.5. The molecule has 0 atom stereocenters. The van der Waals surface area contributed by atoms with Crippen molar-refractivity contribution in [2.75, 3.05) is 24.5 Å². The highest BCUT2D eigenvalue weighted by molar-refractivity contribution is 5.96. The second-order valence-corrected chi connectivity index (χ2v) is 6.23. The number of fused-ring (bicyclic) bond motifs is 1. The summed E-state index contributed by atoms with van der Waals surface area (Å²) in [6, 6.07) is 8.23. The molecule has 0 aliphatic carbocycles. The lowest BCUT2D eigenvalue weighted by molar-refractivity contribution is -0.134. The van der Waals surface area contributed by atoms with Crippen LogP contribution in [0.25, 0.3) is 0 Å². The fourth-order valence-corrected chi connectivity index (χ4v) is 3.58. The second kappa shape index (κ2) is 6.51. The molecule has 0 spiro atoms. The van der Waals surface area contributed by atoms with Gasteiger partial charge in [0.05, 0.1) is 0 Å². The van der Waals surface area contributed by atoms with Crippen LogP contribution in [0.15, 0.2) is 24.3 Å². The van der Waals surface area contributed by atoms with Crippen LogP contribution in [0.5, 0.6) is 0 Å². The van der Waals surface area contributed by atoms with E-state index >= 15 is 0 Å². The Bertz CT molecular complexity index is 562. The molecule has 2 heterocycles. The third-order valence-electron chi connectivity index (χ3n) is 4.88. The summed E-state index contributed by atoms with van der Waals surface area (Å²) in [4.78, 5) is 28.5. The molecule has 0 N–H and O–H groups in total. The lowest BCUT2D eigenvalue weighted by Gasteiger charge is -2.36. The molecule has 2 amide bonds. The average molecular weight is 300 g/mol. The number of amides is 2. The first-order valence-electron chi connectivity index (χ1n) is 8.37. The van der Waals surface area contributed by atoms with Gasteiger partial charge in [-0.05, 0) is 37.3 Å². The van der Waals surface area contributed by atoms with E-state index < -0.39 is 0 Å². The van der Waals surface area contributed by atoms with Gasteiger partial charge >= 0.3 is 0 Å².